The lowest BCUT2D eigenvalue weighted by Crippen LogP contribution is -2.43. The average Bonchev–Trinajstić information content (AvgIpc) is 3.39. The second-order valence-electron chi connectivity index (χ2n) is 8.34. The van der Waals surface area contributed by atoms with Crippen LogP contribution in [0.5, 0.6) is 5.75 Å². The summed E-state index contributed by atoms with van der Waals surface area (Å²) in [6.45, 7) is 2.29. The molecule has 2 amide bonds. The lowest BCUT2D eigenvalue weighted by molar-refractivity contribution is 0.0915. The third kappa shape index (κ3) is 5.59. The minimum Gasteiger partial charge on any atom is -0.496 e. The maximum absolute atomic E-state index is 12.8. The zero-order valence-electron chi connectivity index (χ0n) is 18.9. The summed E-state index contributed by atoms with van der Waals surface area (Å²) in [6, 6.07) is 13.0. The Morgan fingerprint density at radius 1 is 1.12 bits per heavy atom. The zero-order valence-corrected chi connectivity index (χ0v) is 18.9. The Bertz CT molecular complexity index is 1100. The predicted octanol–water partition coefficient (Wildman–Crippen LogP) is 2.84. The van der Waals surface area contributed by atoms with Gasteiger partial charge in [0.05, 0.1) is 18.9 Å². The molecule has 172 valence electrons. The summed E-state index contributed by atoms with van der Waals surface area (Å²) < 4.78 is 5.44. The Balaban J connectivity index is 1.38. The van der Waals surface area contributed by atoms with E-state index in [1.54, 1.807) is 24.5 Å². The van der Waals surface area contributed by atoms with Gasteiger partial charge in [-0.2, -0.15) is 5.10 Å². The van der Waals surface area contributed by atoms with E-state index in [1.807, 2.05) is 30.3 Å². The van der Waals surface area contributed by atoms with Crippen molar-refractivity contribution in [2.24, 2.45) is 0 Å². The molecule has 33 heavy (non-hydrogen) atoms. The van der Waals surface area contributed by atoms with E-state index in [9.17, 15) is 9.59 Å². The number of hydrogen-bond acceptors (Lipinski definition) is 5. The molecule has 8 heteroatoms. The van der Waals surface area contributed by atoms with E-state index in [-0.39, 0.29) is 17.9 Å². The van der Waals surface area contributed by atoms with Gasteiger partial charge in [-0.3, -0.25) is 14.7 Å². The monoisotopic (exact) mass is 447 g/mol. The second kappa shape index (κ2) is 10.3. The number of aromatic amines is 1. The molecule has 1 aliphatic rings. The molecule has 0 radical (unpaired) electrons. The van der Waals surface area contributed by atoms with Gasteiger partial charge in [-0.25, -0.2) is 0 Å². The first kappa shape index (κ1) is 22.5. The van der Waals surface area contributed by atoms with E-state index in [4.69, 9.17) is 4.74 Å². The number of rotatable bonds is 7. The van der Waals surface area contributed by atoms with Gasteiger partial charge in [0.25, 0.3) is 11.8 Å². The Hall–Kier alpha value is -3.65. The molecule has 1 aliphatic heterocycles. The number of carbonyl (C=O) groups excluding carboxylic acids is 2. The van der Waals surface area contributed by atoms with Crippen molar-refractivity contribution in [1.82, 2.24) is 25.7 Å². The molecule has 3 aromatic rings. The summed E-state index contributed by atoms with van der Waals surface area (Å²) in [5, 5.41) is 12.8. The first-order valence-electron chi connectivity index (χ1n) is 11.1. The van der Waals surface area contributed by atoms with Gasteiger partial charge in [0, 0.05) is 29.9 Å². The van der Waals surface area contributed by atoms with Crippen molar-refractivity contribution >= 4 is 11.8 Å². The molecule has 1 saturated heterocycles. The number of piperidine rings is 1. The molecule has 0 atom stereocenters. The molecule has 1 fully saturated rings. The van der Waals surface area contributed by atoms with E-state index in [0.29, 0.717) is 23.4 Å². The van der Waals surface area contributed by atoms with Crippen LogP contribution in [0.2, 0.25) is 0 Å². The molecule has 0 bridgehead atoms. The minimum absolute atomic E-state index is 0.0748. The van der Waals surface area contributed by atoms with Crippen LogP contribution in [0.25, 0.3) is 11.1 Å². The van der Waals surface area contributed by atoms with Gasteiger partial charge in [0.1, 0.15) is 5.75 Å². The Morgan fingerprint density at radius 3 is 2.67 bits per heavy atom. The van der Waals surface area contributed by atoms with Crippen molar-refractivity contribution in [1.29, 1.82) is 0 Å². The molecule has 0 spiro atoms. The quantitative estimate of drug-likeness (QED) is 0.517. The molecular formula is C25H29N5O3. The Labute approximate surface area is 193 Å². The number of carbonyl (C=O) groups is 2. The van der Waals surface area contributed by atoms with E-state index in [0.717, 1.165) is 42.6 Å². The Morgan fingerprint density at radius 2 is 1.94 bits per heavy atom. The number of aromatic nitrogens is 2. The summed E-state index contributed by atoms with van der Waals surface area (Å²) in [5.74, 6) is 0.165. The third-order valence-corrected chi connectivity index (χ3v) is 5.97. The highest BCUT2D eigenvalue weighted by atomic mass is 16.5. The van der Waals surface area contributed by atoms with Crippen LogP contribution in [0.3, 0.4) is 0 Å². The molecule has 0 saturated carbocycles. The van der Waals surface area contributed by atoms with E-state index < -0.39 is 0 Å². The van der Waals surface area contributed by atoms with Crippen molar-refractivity contribution in [2.45, 2.75) is 25.4 Å². The molecule has 8 nitrogen and oxygen atoms in total. The number of ether oxygens (including phenoxy) is 1. The fraction of sp³-hybridized carbons (Fsp3) is 0.320. The van der Waals surface area contributed by atoms with Crippen molar-refractivity contribution in [2.75, 3.05) is 27.2 Å². The van der Waals surface area contributed by atoms with Gasteiger partial charge in [0.15, 0.2) is 0 Å². The van der Waals surface area contributed by atoms with E-state index >= 15 is 0 Å². The normalized spacial score (nSPS) is 14.6. The number of benzene rings is 2. The van der Waals surface area contributed by atoms with Crippen molar-refractivity contribution < 1.29 is 14.3 Å². The van der Waals surface area contributed by atoms with Crippen LogP contribution in [-0.2, 0) is 6.54 Å². The van der Waals surface area contributed by atoms with Crippen molar-refractivity contribution in [3.8, 4) is 16.9 Å². The number of nitrogens with one attached hydrogen (secondary N) is 3. The largest absolute Gasteiger partial charge is 0.496 e. The van der Waals surface area contributed by atoms with Gasteiger partial charge >= 0.3 is 0 Å². The van der Waals surface area contributed by atoms with Crippen molar-refractivity contribution in [3.63, 3.8) is 0 Å². The van der Waals surface area contributed by atoms with Gasteiger partial charge in [0.2, 0.25) is 0 Å². The maximum Gasteiger partial charge on any atom is 0.255 e. The minimum atomic E-state index is -0.244. The molecule has 0 unspecified atom stereocenters. The topological polar surface area (TPSA) is 99.3 Å². The number of likely N-dealkylation sites (tertiary alicyclic amines) is 1. The molecular weight excluding hydrogens is 418 g/mol. The van der Waals surface area contributed by atoms with Gasteiger partial charge in [-0.1, -0.05) is 18.2 Å². The maximum atomic E-state index is 12.8. The summed E-state index contributed by atoms with van der Waals surface area (Å²) >= 11 is 0. The highest BCUT2D eigenvalue weighted by Crippen LogP contribution is 2.26. The highest BCUT2D eigenvalue weighted by Gasteiger charge is 2.19. The second-order valence-corrected chi connectivity index (χ2v) is 8.34. The number of amides is 2. The number of nitrogens with zero attached hydrogens (tertiary/aromatic N) is 2. The molecule has 2 heterocycles. The third-order valence-electron chi connectivity index (χ3n) is 5.97. The fourth-order valence-corrected chi connectivity index (χ4v) is 3.99. The smallest absolute Gasteiger partial charge is 0.255 e. The molecule has 2 aromatic carbocycles. The van der Waals surface area contributed by atoms with Gasteiger partial charge in [-0.15, -0.1) is 0 Å². The number of hydrogen-bond donors (Lipinski definition) is 3. The predicted molar refractivity (Wildman–Crippen MR) is 126 cm³/mol. The van der Waals surface area contributed by atoms with E-state index in [2.05, 4.69) is 32.8 Å². The average molecular weight is 448 g/mol. The van der Waals surface area contributed by atoms with Crippen LogP contribution in [0, 0.1) is 0 Å². The van der Waals surface area contributed by atoms with Crippen LogP contribution >= 0.6 is 0 Å². The van der Waals surface area contributed by atoms with Gasteiger partial charge in [-0.05, 0) is 68.4 Å². The summed E-state index contributed by atoms with van der Waals surface area (Å²) in [5.41, 5.74) is 3.72. The van der Waals surface area contributed by atoms with Crippen LogP contribution < -0.4 is 15.4 Å². The SMILES string of the molecule is COc1cc(-c2cn[nH]c2)ccc1C(=O)NCc1cccc(C(=O)NC2CCN(C)CC2)c1. The first-order chi connectivity index (χ1) is 16.0. The Kier molecular flexibility index (Phi) is 7.04. The van der Waals surface area contributed by atoms with Gasteiger partial charge < -0.3 is 20.3 Å². The van der Waals surface area contributed by atoms with Crippen LogP contribution in [0.15, 0.2) is 54.9 Å². The summed E-state index contributed by atoms with van der Waals surface area (Å²) in [6.07, 6.45) is 5.41. The first-order valence-corrected chi connectivity index (χ1v) is 11.1. The highest BCUT2D eigenvalue weighted by molar-refractivity contribution is 5.98. The number of methoxy groups -OCH3 is 1. The molecule has 1 aromatic heterocycles. The summed E-state index contributed by atoms with van der Waals surface area (Å²) in [4.78, 5) is 27.8. The lowest BCUT2D eigenvalue weighted by Gasteiger charge is -2.29. The molecule has 0 aliphatic carbocycles. The fourth-order valence-electron chi connectivity index (χ4n) is 3.99. The molecule has 4 rings (SSSR count). The number of H-pyrrole nitrogens is 1. The molecule has 3 N–H and O–H groups in total. The lowest BCUT2D eigenvalue weighted by atomic mass is 10.0. The zero-order chi connectivity index (χ0) is 23.2. The van der Waals surface area contributed by atoms with Crippen molar-refractivity contribution in [3.05, 3.63) is 71.5 Å². The van der Waals surface area contributed by atoms with Crippen LogP contribution in [0.4, 0.5) is 0 Å². The summed E-state index contributed by atoms with van der Waals surface area (Å²) in [7, 11) is 3.64. The van der Waals surface area contributed by atoms with Crippen LogP contribution in [0.1, 0.15) is 39.1 Å². The van der Waals surface area contributed by atoms with Crippen LogP contribution in [-0.4, -0.2) is 60.2 Å². The van der Waals surface area contributed by atoms with E-state index in [1.165, 1.54) is 7.11 Å². The standard InChI is InChI=1S/C25H29N5O3/c1-30-10-8-21(9-11-30)29-24(31)19-5-3-4-17(12-19)14-26-25(32)22-7-6-18(13-23(22)33-2)20-15-27-28-16-20/h3-7,12-13,15-16,21H,8-11,14H2,1-2H3,(H,26,32)(H,27,28)(H,29,31).